The van der Waals surface area contributed by atoms with E-state index in [-0.39, 0.29) is 18.0 Å². The number of aryl methyl sites for hydroxylation is 1. The molecule has 0 spiro atoms. The van der Waals surface area contributed by atoms with Crippen LogP contribution in [0.5, 0.6) is 0 Å². The monoisotopic (exact) mass is 261 g/mol. The van der Waals surface area contributed by atoms with Crippen LogP contribution in [0.25, 0.3) is 0 Å². The van der Waals surface area contributed by atoms with Gasteiger partial charge in [0.2, 0.25) is 10.0 Å². The number of benzene rings is 1. The van der Waals surface area contributed by atoms with Crippen LogP contribution in [0.15, 0.2) is 18.2 Å². The Bertz CT molecular complexity index is 474. The quantitative estimate of drug-likeness (QED) is 0.765. The van der Waals surface area contributed by atoms with Gasteiger partial charge in [0.25, 0.3) is 0 Å². The molecule has 6 heteroatoms. The molecule has 0 aliphatic heterocycles. The van der Waals surface area contributed by atoms with Gasteiger partial charge in [0.15, 0.2) is 0 Å². The van der Waals surface area contributed by atoms with Crippen molar-refractivity contribution in [2.75, 3.05) is 17.1 Å². The molecule has 0 atom stereocenters. The van der Waals surface area contributed by atoms with Gasteiger partial charge in [-0.05, 0) is 37.5 Å². The maximum absolute atomic E-state index is 13.4. The van der Waals surface area contributed by atoms with Gasteiger partial charge in [0.1, 0.15) is 5.82 Å². The minimum absolute atomic E-state index is 0.0420. The second-order valence-electron chi connectivity index (χ2n) is 3.83. The van der Waals surface area contributed by atoms with Crippen molar-refractivity contribution in [3.63, 3.8) is 0 Å². The fourth-order valence-corrected chi connectivity index (χ4v) is 2.51. The standard InChI is InChI=1S/C11H16FNO3S/c1-9-4-5-11(10(12)8-9)13-17(15,16)7-3-2-6-14/h4-5,8,13-14H,2-3,6-7H2,1H3. The SMILES string of the molecule is Cc1ccc(NS(=O)(=O)CCCCO)c(F)c1. The first kappa shape index (κ1) is 13.9. The van der Waals surface area contributed by atoms with E-state index in [0.717, 1.165) is 5.56 Å². The number of unbranched alkanes of at least 4 members (excludes halogenated alkanes) is 1. The lowest BCUT2D eigenvalue weighted by atomic mass is 10.2. The van der Waals surface area contributed by atoms with E-state index >= 15 is 0 Å². The Balaban J connectivity index is 2.69. The third-order valence-corrected chi connectivity index (χ3v) is 3.57. The van der Waals surface area contributed by atoms with Gasteiger partial charge < -0.3 is 5.11 Å². The highest BCUT2D eigenvalue weighted by atomic mass is 32.2. The molecule has 1 aromatic carbocycles. The number of anilines is 1. The van der Waals surface area contributed by atoms with Crippen molar-refractivity contribution in [1.82, 2.24) is 0 Å². The number of halogens is 1. The highest BCUT2D eigenvalue weighted by Crippen LogP contribution is 2.17. The predicted molar refractivity (Wildman–Crippen MR) is 64.9 cm³/mol. The lowest BCUT2D eigenvalue weighted by Gasteiger charge is -2.08. The molecule has 4 nitrogen and oxygen atoms in total. The second kappa shape index (κ2) is 5.97. The Kier molecular flexibility index (Phi) is 4.89. The maximum atomic E-state index is 13.4. The van der Waals surface area contributed by atoms with Crippen molar-refractivity contribution in [3.8, 4) is 0 Å². The van der Waals surface area contributed by atoms with Crippen LogP contribution in [0.4, 0.5) is 10.1 Å². The zero-order valence-corrected chi connectivity index (χ0v) is 10.4. The van der Waals surface area contributed by atoms with E-state index in [2.05, 4.69) is 4.72 Å². The summed E-state index contributed by atoms with van der Waals surface area (Å²) >= 11 is 0. The summed E-state index contributed by atoms with van der Waals surface area (Å²) in [7, 11) is -3.54. The Labute approximate surface area is 101 Å². The predicted octanol–water partition coefficient (Wildman–Crippen LogP) is 1.65. The third-order valence-electron chi connectivity index (χ3n) is 2.21. The highest BCUT2D eigenvalue weighted by molar-refractivity contribution is 7.92. The van der Waals surface area contributed by atoms with Gasteiger partial charge in [-0.25, -0.2) is 12.8 Å². The van der Waals surface area contributed by atoms with Gasteiger partial charge in [0, 0.05) is 6.61 Å². The van der Waals surface area contributed by atoms with Gasteiger partial charge in [0.05, 0.1) is 11.4 Å². The van der Waals surface area contributed by atoms with Crippen LogP contribution < -0.4 is 4.72 Å². The largest absolute Gasteiger partial charge is 0.396 e. The van der Waals surface area contributed by atoms with Crippen LogP contribution in [0, 0.1) is 12.7 Å². The molecule has 0 saturated heterocycles. The molecule has 0 fully saturated rings. The van der Waals surface area contributed by atoms with Crippen LogP contribution in [-0.4, -0.2) is 25.9 Å². The van der Waals surface area contributed by atoms with Crippen LogP contribution >= 0.6 is 0 Å². The first-order chi connectivity index (χ1) is 7.94. The van der Waals surface area contributed by atoms with Crippen molar-refractivity contribution >= 4 is 15.7 Å². The molecule has 0 radical (unpaired) electrons. The minimum atomic E-state index is -3.54. The zero-order valence-electron chi connectivity index (χ0n) is 9.61. The fourth-order valence-electron chi connectivity index (χ4n) is 1.33. The topological polar surface area (TPSA) is 66.4 Å². The average Bonchev–Trinajstić information content (AvgIpc) is 2.22. The lowest BCUT2D eigenvalue weighted by molar-refractivity contribution is 0.287. The zero-order chi connectivity index (χ0) is 12.9. The summed E-state index contributed by atoms with van der Waals surface area (Å²) in [6, 6.07) is 4.30. The van der Waals surface area contributed by atoms with Crippen LogP contribution in [-0.2, 0) is 10.0 Å². The van der Waals surface area contributed by atoms with E-state index < -0.39 is 15.8 Å². The summed E-state index contributed by atoms with van der Waals surface area (Å²) in [5.74, 6) is -0.711. The number of nitrogens with one attached hydrogen (secondary N) is 1. The Hall–Kier alpha value is -1.14. The summed E-state index contributed by atoms with van der Waals surface area (Å²) in [4.78, 5) is 0. The molecule has 0 aliphatic carbocycles. The van der Waals surface area contributed by atoms with Crippen LogP contribution in [0.1, 0.15) is 18.4 Å². The van der Waals surface area contributed by atoms with Gasteiger partial charge >= 0.3 is 0 Å². The Morgan fingerprint density at radius 1 is 1.35 bits per heavy atom. The molecule has 17 heavy (non-hydrogen) atoms. The van der Waals surface area contributed by atoms with Crippen LogP contribution in [0.2, 0.25) is 0 Å². The molecule has 0 unspecified atom stereocenters. The number of aliphatic hydroxyl groups is 1. The van der Waals surface area contributed by atoms with Crippen molar-refractivity contribution in [2.24, 2.45) is 0 Å². The number of hydrogen-bond donors (Lipinski definition) is 2. The van der Waals surface area contributed by atoms with E-state index in [1.165, 1.54) is 12.1 Å². The molecule has 0 aliphatic rings. The van der Waals surface area contributed by atoms with Crippen molar-refractivity contribution < 1.29 is 17.9 Å². The van der Waals surface area contributed by atoms with Crippen molar-refractivity contribution in [2.45, 2.75) is 19.8 Å². The van der Waals surface area contributed by atoms with E-state index in [4.69, 9.17) is 5.11 Å². The Morgan fingerprint density at radius 2 is 2.06 bits per heavy atom. The summed E-state index contributed by atoms with van der Waals surface area (Å²) in [6.07, 6.45) is 0.761. The second-order valence-corrected chi connectivity index (χ2v) is 5.68. The third kappa shape index (κ3) is 4.70. The molecule has 0 amide bonds. The number of aliphatic hydroxyl groups excluding tert-OH is 1. The van der Waals surface area contributed by atoms with E-state index in [0.29, 0.717) is 12.8 Å². The van der Waals surface area contributed by atoms with Gasteiger partial charge in [-0.1, -0.05) is 6.07 Å². The molecule has 0 heterocycles. The summed E-state index contributed by atoms with van der Waals surface area (Å²) in [5, 5.41) is 8.55. The maximum Gasteiger partial charge on any atom is 0.232 e. The summed E-state index contributed by atoms with van der Waals surface area (Å²) in [6.45, 7) is 1.68. The summed E-state index contributed by atoms with van der Waals surface area (Å²) < 4.78 is 38.7. The minimum Gasteiger partial charge on any atom is -0.396 e. The first-order valence-corrected chi connectivity index (χ1v) is 6.97. The Morgan fingerprint density at radius 3 is 2.65 bits per heavy atom. The van der Waals surface area contributed by atoms with E-state index in [1.807, 2.05) is 0 Å². The highest BCUT2D eigenvalue weighted by Gasteiger charge is 2.12. The number of hydrogen-bond acceptors (Lipinski definition) is 3. The molecule has 1 aromatic rings. The number of sulfonamides is 1. The van der Waals surface area contributed by atoms with Crippen molar-refractivity contribution in [3.05, 3.63) is 29.6 Å². The molecule has 96 valence electrons. The van der Waals surface area contributed by atoms with Gasteiger partial charge in [-0.2, -0.15) is 0 Å². The molecule has 1 rings (SSSR count). The fraction of sp³-hybridized carbons (Fsp3) is 0.455. The lowest BCUT2D eigenvalue weighted by Crippen LogP contribution is -2.17. The molecular weight excluding hydrogens is 245 g/mol. The molecule has 0 bridgehead atoms. The number of rotatable bonds is 6. The van der Waals surface area contributed by atoms with E-state index in [9.17, 15) is 12.8 Å². The molecule has 2 N–H and O–H groups in total. The first-order valence-electron chi connectivity index (χ1n) is 5.32. The smallest absolute Gasteiger partial charge is 0.232 e. The molecule has 0 saturated carbocycles. The summed E-state index contributed by atoms with van der Waals surface area (Å²) in [5.41, 5.74) is 0.685. The van der Waals surface area contributed by atoms with Gasteiger partial charge in [-0.15, -0.1) is 0 Å². The molecular formula is C11H16FNO3S. The van der Waals surface area contributed by atoms with Crippen molar-refractivity contribution in [1.29, 1.82) is 0 Å². The van der Waals surface area contributed by atoms with E-state index in [1.54, 1.807) is 13.0 Å². The normalized spacial score (nSPS) is 11.5. The van der Waals surface area contributed by atoms with Gasteiger partial charge in [-0.3, -0.25) is 4.72 Å². The van der Waals surface area contributed by atoms with Crippen LogP contribution in [0.3, 0.4) is 0 Å². The average molecular weight is 261 g/mol. The molecule has 0 aromatic heterocycles.